The number of nitrogens with one attached hydrogen (secondary N) is 1. The second-order valence-corrected chi connectivity index (χ2v) is 5.51. The standard InChI is InChI=1S/C15H20FNO/c1-17-14(10-2-3-10)6-5-13-9-11-8-12(16)4-7-15(11)18-13/h4,7-8,10,13-14,17H,2-3,5-6,9H2,1H3. The van der Waals surface area contributed by atoms with Gasteiger partial charge in [0.05, 0.1) is 0 Å². The molecule has 1 aliphatic heterocycles. The summed E-state index contributed by atoms with van der Waals surface area (Å²) in [6.07, 6.45) is 6.02. The Morgan fingerprint density at radius 2 is 2.28 bits per heavy atom. The number of hydrogen-bond donors (Lipinski definition) is 1. The van der Waals surface area contributed by atoms with Gasteiger partial charge in [-0.15, -0.1) is 0 Å². The van der Waals surface area contributed by atoms with Crippen molar-refractivity contribution in [3.63, 3.8) is 0 Å². The monoisotopic (exact) mass is 249 g/mol. The van der Waals surface area contributed by atoms with E-state index in [4.69, 9.17) is 4.74 Å². The van der Waals surface area contributed by atoms with Crippen molar-refractivity contribution in [2.75, 3.05) is 7.05 Å². The molecule has 2 atom stereocenters. The van der Waals surface area contributed by atoms with Crippen LogP contribution < -0.4 is 10.1 Å². The highest BCUT2D eigenvalue weighted by atomic mass is 19.1. The summed E-state index contributed by atoms with van der Waals surface area (Å²) in [4.78, 5) is 0. The lowest BCUT2D eigenvalue weighted by Crippen LogP contribution is -2.29. The minimum atomic E-state index is -0.163. The van der Waals surface area contributed by atoms with Crippen LogP contribution in [-0.4, -0.2) is 19.2 Å². The molecule has 0 aromatic heterocycles. The molecule has 18 heavy (non-hydrogen) atoms. The summed E-state index contributed by atoms with van der Waals surface area (Å²) < 4.78 is 19.0. The molecule has 0 amide bonds. The Labute approximate surface area is 108 Å². The normalized spacial score (nSPS) is 23.6. The molecule has 3 rings (SSSR count). The molecule has 0 spiro atoms. The molecule has 1 saturated carbocycles. The molecule has 98 valence electrons. The average Bonchev–Trinajstić information content (AvgIpc) is 3.10. The van der Waals surface area contributed by atoms with Gasteiger partial charge in [-0.25, -0.2) is 4.39 Å². The minimum absolute atomic E-state index is 0.163. The third-order valence-electron chi connectivity index (χ3n) is 4.13. The third kappa shape index (κ3) is 2.51. The van der Waals surface area contributed by atoms with E-state index in [1.807, 2.05) is 7.05 Å². The highest BCUT2D eigenvalue weighted by molar-refractivity contribution is 5.37. The van der Waals surface area contributed by atoms with Crippen LogP contribution in [0.4, 0.5) is 4.39 Å². The van der Waals surface area contributed by atoms with Crippen LogP contribution in [0.5, 0.6) is 5.75 Å². The molecule has 1 fully saturated rings. The van der Waals surface area contributed by atoms with Crippen LogP contribution in [0.2, 0.25) is 0 Å². The second kappa shape index (κ2) is 4.88. The van der Waals surface area contributed by atoms with Crippen molar-refractivity contribution in [3.05, 3.63) is 29.6 Å². The highest BCUT2D eigenvalue weighted by Crippen LogP contribution is 2.36. The Bertz CT molecular complexity index is 431. The first-order valence-corrected chi connectivity index (χ1v) is 6.88. The van der Waals surface area contributed by atoms with Gasteiger partial charge in [-0.3, -0.25) is 0 Å². The van der Waals surface area contributed by atoms with Crippen LogP contribution in [-0.2, 0) is 6.42 Å². The lowest BCUT2D eigenvalue weighted by molar-refractivity contribution is 0.209. The van der Waals surface area contributed by atoms with Crippen LogP contribution in [0.15, 0.2) is 18.2 Å². The second-order valence-electron chi connectivity index (χ2n) is 5.51. The molecule has 2 unspecified atom stereocenters. The van der Waals surface area contributed by atoms with Crippen LogP contribution in [0.3, 0.4) is 0 Å². The lowest BCUT2D eigenvalue weighted by atomic mass is 10.0. The summed E-state index contributed by atoms with van der Waals surface area (Å²) in [6, 6.07) is 5.46. The van der Waals surface area contributed by atoms with Crippen LogP contribution in [0, 0.1) is 11.7 Å². The largest absolute Gasteiger partial charge is 0.490 e. The van der Waals surface area contributed by atoms with Crippen molar-refractivity contribution in [2.24, 2.45) is 5.92 Å². The molecule has 0 bridgehead atoms. The Morgan fingerprint density at radius 3 is 3.00 bits per heavy atom. The molecular weight excluding hydrogens is 229 g/mol. The van der Waals surface area contributed by atoms with Crippen LogP contribution >= 0.6 is 0 Å². The van der Waals surface area contributed by atoms with Gasteiger partial charge in [0, 0.05) is 18.0 Å². The van der Waals surface area contributed by atoms with Crippen LogP contribution in [0.25, 0.3) is 0 Å². The smallest absolute Gasteiger partial charge is 0.123 e. The van der Waals surface area contributed by atoms with Gasteiger partial charge in [-0.05, 0) is 56.8 Å². The van der Waals surface area contributed by atoms with Gasteiger partial charge in [-0.2, -0.15) is 0 Å². The summed E-state index contributed by atoms with van der Waals surface area (Å²) >= 11 is 0. The van der Waals surface area contributed by atoms with Crippen molar-refractivity contribution in [3.8, 4) is 5.75 Å². The van der Waals surface area contributed by atoms with E-state index in [1.165, 1.54) is 18.9 Å². The number of benzene rings is 1. The molecule has 1 N–H and O–H groups in total. The maximum absolute atomic E-state index is 13.1. The van der Waals surface area contributed by atoms with E-state index in [9.17, 15) is 4.39 Å². The van der Waals surface area contributed by atoms with E-state index < -0.39 is 0 Å². The Balaban J connectivity index is 1.54. The predicted octanol–water partition coefficient (Wildman–Crippen LogP) is 2.91. The van der Waals surface area contributed by atoms with E-state index >= 15 is 0 Å². The van der Waals surface area contributed by atoms with Crippen molar-refractivity contribution >= 4 is 0 Å². The molecule has 2 aliphatic rings. The summed E-state index contributed by atoms with van der Waals surface area (Å²) in [5, 5.41) is 3.40. The van der Waals surface area contributed by atoms with Crippen molar-refractivity contribution in [1.82, 2.24) is 5.32 Å². The van der Waals surface area contributed by atoms with Gasteiger partial charge in [0.15, 0.2) is 0 Å². The van der Waals surface area contributed by atoms with E-state index in [0.717, 1.165) is 36.5 Å². The fourth-order valence-corrected chi connectivity index (χ4v) is 2.93. The number of ether oxygens (including phenoxy) is 1. The number of halogens is 1. The molecule has 1 heterocycles. The maximum Gasteiger partial charge on any atom is 0.123 e. The lowest BCUT2D eigenvalue weighted by Gasteiger charge is -2.17. The van der Waals surface area contributed by atoms with Crippen LogP contribution in [0.1, 0.15) is 31.2 Å². The molecule has 0 saturated heterocycles. The average molecular weight is 249 g/mol. The summed E-state index contributed by atoms with van der Waals surface area (Å²) in [7, 11) is 2.04. The molecule has 0 radical (unpaired) electrons. The zero-order valence-corrected chi connectivity index (χ0v) is 10.8. The molecule has 2 nitrogen and oxygen atoms in total. The van der Waals surface area contributed by atoms with Gasteiger partial charge in [0.25, 0.3) is 0 Å². The Hall–Kier alpha value is -1.09. The van der Waals surface area contributed by atoms with E-state index in [2.05, 4.69) is 5.32 Å². The van der Waals surface area contributed by atoms with Gasteiger partial charge in [-0.1, -0.05) is 0 Å². The van der Waals surface area contributed by atoms with Crippen molar-refractivity contribution < 1.29 is 9.13 Å². The predicted molar refractivity (Wildman–Crippen MR) is 69.3 cm³/mol. The number of hydrogen-bond acceptors (Lipinski definition) is 2. The molecular formula is C15H20FNO. The number of rotatable bonds is 5. The topological polar surface area (TPSA) is 21.3 Å². The molecule has 1 aromatic rings. The molecule has 1 aliphatic carbocycles. The Morgan fingerprint density at radius 1 is 1.44 bits per heavy atom. The molecule has 3 heteroatoms. The maximum atomic E-state index is 13.1. The Kier molecular flexibility index (Phi) is 3.25. The first-order chi connectivity index (χ1) is 8.76. The third-order valence-corrected chi connectivity index (χ3v) is 4.13. The fourth-order valence-electron chi connectivity index (χ4n) is 2.93. The quantitative estimate of drug-likeness (QED) is 0.866. The SMILES string of the molecule is CNC(CCC1Cc2cc(F)ccc2O1)C1CC1. The van der Waals surface area contributed by atoms with Gasteiger partial charge < -0.3 is 10.1 Å². The zero-order chi connectivity index (χ0) is 12.5. The van der Waals surface area contributed by atoms with Crippen molar-refractivity contribution in [1.29, 1.82) is 0 Å². The van der Waals surface area contributed by atoms with Crippen molar-refractivity contribution in [2.45, 2.75) is 44.2 Å². The van der Waals surface area contributed by atoms with Gasteiger partial charge in [0.2, 0.25) is 0 Å². The summed E-state index contributed by atoms with van der Waals surface area (Å²) in [6.45, 7) is 0. The minimum Gasteiger partial charge on any atom is -0.490 e. The van der Waals surface area contributed by atoms with Gasteiger partial charge >= 0.3 is 0 Å². The summed E-state index contributed by atoms with van der Waals surface area (Å²) in [5.74, 6) is 1.58. The van der Waals surface area contributed by atoms with E-state index in [-0.39, 0.29) is 11.9 Å². The summed E-state index contributed by atoms with van der Waals surface area (Å²) in [5.41, 5.74) is 1.02. The first-order valence-electron chi connectivity index (χ1n) is 6.88. The highest BCUT2D eigenvalue weighted by Gasteiger charge is 2.31. The van der Waals surface area contributed by atoms with E-state index in [0.29, 0.717) is 6.04 Å². The fraction of sp³-hybridized carbons (Fsp3) is 0.600. The molecule has 1 aromatic carbocycles. The number of fused-ring (bicyclic) bond motifs is 1. The van der Waals surface area contributed by atoms with E-state index in [1.54, 1.807) is 12.1 Å². The first kappa shape index (κ1) is 12.0. The van der Waals surface area contributed by atoms with Gasteiger partial charge in [0.1, 0.15) is 17.7 Å². The zero-order valence-electron chi connectivity index (χ0n) is 10.8.